The van der Waals surface area contributed by atoms with E-state index in [0.717, 1.165) is 0 Å². The molecular weight excluding hydrogens is 126 g/mol. The third-order valence-corrected chi connectivity index (χ3v) is 2.18. The highest BCUT2D eigenvalue weighted by Gasteiger charge is 2.08. The summed E-state index contributed by atoms with van der Waals surface area (Å²) < 4.78 is 0. The van der Waals surface area contributed by atoms with Gasteiger partial charge in [-0.1, -0.05) is 25.7 Å². The molecule has 1 aliphatic rings. The molecule has 1 rings (SSSR count). The van der Waals surface area contributed by atoms with Gasteiger partial charge in [0.2, 0.25) is 0 Å². The normalized spacial score (nSPS) is 23.2. The van der Waals surface area contributed by atoms with Crippen molar-refractivity contribution in [2.24, 2.45) is 11.1 Å². The van der Waals surface area contributed by atoms with Gasteiger partial charge in [-0.15, -0.1) is 5.16 Å². The molecule has 0 aromatic heterocycles. The van der Waals surface area contributed by atoms with Crippen LogP contribution in [0.1, 0.15) is 38.5 Å². The maximum atomic E-state index is 8.28. The highest BCUT2D eigenvalue weighted by Crippen LogP contribution is 2.20. The van der Waals surface area contributed by atoms with E-state index in [9.17, 15) is 0 Å². The predicted molar refractivity (Wildman–Crippen MR) is 41.5 cm³/mol. The van der Waals surface area contributed by atoms with Crippen molar-refractivity contribution in [2.45, 2.75) is 38.5 Å². The second kappa shape index (κ2) is 4.31. The first-order valence-corrected chi connectivity index (χ1v) is 4.11. The molecule has 1 saturated carbocycles. The second-order valence-corrected chi connectivity index (χ2v) is 3.02. The number of rotatable bonds is 1. The van der Waals surface area contributed by atoms with E-state index >= 15 is 0 Å². The Balaban J connectivity index is 2.28. The van der Waals surface area contributed by atoms with Crippen LogP contribution in [0.3, 0.4) is 0 Å². The molecule has 0 aromatic carbocycles. The van der Waals surface area contributed by atoms with Crippen LogP contribution in [-0.4, -0.2) is 11.4 Å². The number of nitrogens with zero attached hydrogens (tertiary/aromatic N) is 1. The van der Waals surface area contributed by atoms with Gasteiger partial charge in [-0.05, 0) is 18.8 Å². The van der Waals surface area contributed by atoms with Crippen molar-refractivity contribution < 1.29 is 5.21 Å². The molecule has 1 N–H and O–H groups in total. The maximum Gasteiger partial charge on any atom is 0.0466 e. The van der Waals surface area contributed by atoms with E-state index in [-0.39, 0.29) is 0 Å². The molecule has 0 aliphatic heterocycles. The molecule has 0 saturated heterocycles. The van der Waals surface area contributed by atoms with Crippen molar-refractivity contribution in [1.29, 1.82) is 0 Å². The third-order valence-electron chi connectivity index (χ3n) is 2.18. The summed E-state index contributed by atoms with van der Waals surface area (Å²) in [6, 6.07) is 0. The Morgan fingerprint density at radius 2 is 1.70 bits per heavy atom. The van der Waals surface area contributed by atoms with Crippen LogP contribution in [0.4, 0.5) is 0 Å². The fraction of sp³-hybridized carbons (Fsp3) is 0.875. The van der Waals surface area contributed by atoms with E-state index in [0.29, 0.717) is 5.92 Å². The fourth-order valence-corrected chi connectivity index (χ4v) is 1.55. The van der Waals surface area contributed by atoms with Crippen LogP contribution < -0.4 is 0 Å². The van der Waals surface area contributed by atoms with Crippen molar-refractivity contribution >= 4 is 6.21 Å². The molecule has 10 heavy (non-hydrogen) atoms. The summed E-state index contributed by atoms with van der Waals surface area (Å²) >= 11 is 0. The highest BCUT2D eigenvalue weighted by molar-refractivity contribution is 5.59. The van der Waals surface area contributed by atoms with Crippen LogP contribution >= 0.6 is 0 Å². The molecule has 0 atom stereocenters. The van der Waals surface area contributed by atoms with Crippen LogP contribution in [0.2, 0.25) is 0 Å². The van der Waals surface area contributed by atoms with Gasteiger partial charge in [-0.25, -0.2) is 0 Å². The third kappa shape index (κ3) is 2.38. The average molecular weight is 141 g/mol. The summed E-state index contributed by atoms with van der Waals surface area (Å²) in [7, 11) is 0. The van der Waals surface area contributed by atoms with Crippen molar-refractivity contribution in [3.8, 4) is 0 Å². The second-order valence-electron chi connectivity index (χ2n) is 3.02. The van der Waals surface area contributed by atoms with Gasteiger partial charge >= 0.3 is 0 Å². The average Bonchev–Trinajstić information content (AvgIpc) is 2.17. The van der Waals surface area contributed by atoms with E-state index in [1.54, 1.807) is 6.21 Å². The SMILES string of the molecule is O/N=C/C1CCCCCC1. The van der Waals surface area contributed by atoms with Crippen LogP contribution in [0, 0.1) is 5.92 Å². The van der Waals surface area contributed by atoms with Gasteiger partial charge in [-0.3, -0.25) is 0 Å². The molecule has 1 aliphatic carbocycles. The lowest BCUT2D eigenvalue weighted by atomic mass is 10.0. The standard InChI is InChI=1S/C8H15NO/c10-9-7-8-5-3-1-2-4-6-8/h7-8,10H,1-6H2/b9-7+. The first-order chi connectivity index (χ1) is 4.93. The topological polar surface area (TPSA) is 32.6 Å². The quantitative estimate of drug-likeness (QED) is 0.258. The van der Waals surface area contributed by atoms with Gasteiger partial charge in [0, 0.05) is 6.21 Å². The van der Waals surface area contributed by atoms with Crippen LogP contribution in [0.15, 0.2) is 5.16 Å². The molecule has 2 nitrogen and oxygen atoms in total. The first kappa shape index (κ1) is 7.58. The molecule has 58 valence electrons. The summed E-state index contributed by atoms with van der Waals surface area (Å²) in [5.41, 5.74) is 0. The molecule has 2 heteroatoms. The molecule has 0 bridgehead atoms. The number of hydrogen-bond acceptors (Lipinski definition) is 2. The van der Waals surface area contributed by atoms with Crippen LogP contribution in [0.25, 0.3) is 0 Å². The zero-order chi connectivity index (χ0) is 7.23. The largest absolute Gasteiger partial charge is 0.411 e. The Kier molecular flexibility index (Phi) is 3.27. The molecule has 0 heterocycles. The minimum absolute atomic E-state index is 0.549. The molecule has 0 spiro atoms. The van der Waals surface area contributed by atoms with E-state index in [1.807, 2.05) is 0 Å². The van der Waals surface area contributed by atoms with E-state index in [1.165, 1.54) is 38.5 Å². The Labute approximate surface area is 61.9 Å². The number of oxime groups is 1. The van der Waals surface area contributed by atoms with E-state index < -0.39 is 0 Å². The van der Waals surface area contributed by atoms with E-state index in [2.05, 4.69) is 5.16 Å². The lowest BCUT2D eigenvalue weighted by molar-refractivity contribution is 0.317. The molecule has 0 aromatic rings. The molecular formula is C8H15NO. The summed E-state index contributed by atoms with van der Waals surface area (Å²) in [5, 5.41) is 11.4. The summed E-state index contributed by atoms with van der Waals surface area (Å²) in [4.78, 5) is 0. The lowest BCUT2D eigenvalue weighted by Gasteiger charge is -2.03. The van der Waals surface area contributed by atoms with Crippen LogP contribution in [0.5, 0.6) is 0 Å². The molecule has 0 unspecified atom stereocenters. The van der Waals surface area contributed by atoms with Crippen molar-refractivity contribution in [1.82, 2.24) is 0 Å². The summed E-state index contributed by atoms with van der Waals surface area (Å²) in [6.07, 6.45) is 9.43. The van der Waals surface area contributed by atoms with Gasteiger partial charge in [0.05, 0.1) is 0 Å². The zero-order valence-electron chi connectivity index (χ0n) is 6.29. The Hall–Kier alpha value is -0.530. The maximum absolute atomic E-state index is 8.28. The summed E-state index contributed by atoms with van der Waals surface area (Å²) in [5.74, 6) is 0.549. The monoisotopic (exact) mass is 141 g/mol. The van der Waals surface area contributed by atoms with Crippen molar-refractivity contribution in [3.05, 3.63) is 0 Å². The Morgan fingerprint density at radius 1 is 1.10 bits per heavy atom. The van der Waals surface area contributed by atoms with Crippen LogP contribution in [-0.2, 0) is 0 Å². The predicted octanol–water partition coefficient (Wildman–Crippen LogP) is 2.42. The van der Waals surface area contributed by atoms with Gasteiger partial charge in [0.25, 0.3) is 0 Å². The molecule has 1 fully saturated rings. The van der Waals surface area contributed by atoms with Gasteiger partial charge in [-0.2, -0.15) is 0 Å². The van der Waals surface area contributed by atoms with E-state index in [4.69, 9.17) is 5.21 Å². The fourth-order valence-electron chi connectivity index (χ4n) is 1.55. The van der Waals surface area contributed by atoms with Crippen molar-refractivity contribution in [3.63, 3.8) is 0 Å². The Bertz CT molecular complexity index is 104. The Morgan fingerprint density at radius 3 is 2.20 bits per heavy atom. The number of hydrogen-bond donors (Lipinski definition) is 1. The molecule has 0 radical (unpaired) electrons. The highest BCUT2D eigenvalue weighted by atomic mass is 16.4. The smallest absolute Gasteiger partial charge is 0.0466 e. The zero-order valence-corrected chi connectivity index (χ0v) is 6.29. The van der Waals surface area contributed by atoms with Gasteiger partial charge < -0.3 is 5.21 Å². The summed E-state index contributed by atoms with van der Waals surface area (Å²) in [6.45, 7) is 0. The van der Waals surface area contributed by atoms with Gasteiger partial charge in [0.15, 0.2) is 0 Å². The lowest BCUT2D eigenvalue weighted by Crippen LogP contribution is -1.99. The molecule has 0 amide bonds. The van der Waals surface area contributed by atoms with Crippen molar-refractivity contribution in [2.75, 3.05) is 0 Å². The minimum atomic E-state index is 0.549. The van der Waals surface area contributed by atoms with Gasteiger partial charge in [0.1, 0.15) is 0 Å². The minimum Gasteiger partial charge on any atom is -0.411 e. The first-order valence-electron chi connectivity index (χ1n) is 4.11.